The van der Waals surface area contributed by atoms with Gasteiger partial charge >= 0.3 is 0 Å². The topological polar surface area (TPSA) is 75.4 Å². The summed E-state index contributed by atoms with van der Waals surface area (Å²) in [4.78, 5) is 23.5. The number of nitrogens with zero attached hydrogens (tertiary/aromatic N) is 1. The van der Waals surface area contributed by atoms with Crippen LogP contribution in [0, 0.1) is 0 Å². The van der Waals surface area contributed by atoms with Crippen LogP contribution >= 0.6 is 0 Å². The highest BCUT2D eigenvalue weighted by atomic mass is 16.2. The Balaban J connectivity index is 3.81. The van der Waals surface area contributed by atoms with E-state index in [0.29, 0.717) is 13.0 Å². The fraction of sp³-hybridized carbons (Fsp3) is 0.750. The molecule has 0 spiro atoms. The Hall–Kier alpha value is -1.10. The van der Waals surface area contributed by atoms with E-state index in [1.807, 2.05) is 0 Å². The molecular weight excluding hydrogens is 170 g/mol. The first-order valence-electron chi connectivity index (χ1n) is 4.20. The number of likely N-dealkylation sites (N-methyl/N-ethyl adjacent to an activating group) is 1. The van der Waals surface area contributed by atoms with Crippen molar-refractivity contribution in [3.8, 4) is 0 Å². The van der Waals surface area contributed by atoms with Gasteiger partial charge in [-0.2, -0.15) is 0 Å². The van der Waals surface area contributed by atoms with Crippen LogP contribution in [0.4, 0.5) is 0 Å². The predicted molar refractivity (Wildman–Crippen MR) is 50.0 cm³/mol. The van der Waals surface area contributed by atoms with Gasteiger partial charge in [-0.3, -0.25) is 9.59 Å². The maximum Gasteiger partial charge on any atom is 0.238 e. The third kappa shape index (κ3) is 4.47. The molecule has 0 bridgehead atoms. The zero-order chi connectivity index (χ0) is 10.4. The highest BCUT2D eigenvalue weighted by Gasteiger charge is 2.13. The van der Waals surface area contributed by atoms with Gasteiger partial charge in [0.2, 0.25) is 11.8 Å². The second kappa shape index (κ2) is 5.53. The number of hydrogen-bond acceptors (Lipinski definition) is 3. The lowest BCUT2D eigenvalue weighted by Gasteiger charge is -2.18. The van der Waals surface area contributed by atoms with Crippen LogP contribution in [0.25, 0.3) is 0 Å². The Morgan fingerprint density at radius 3 is 2.46 bits per heavy atom. The van der Waals surface area contributed by atoms with Crippen LogP contribution in [0.15, 0.2) is 0 Å². The minimum atomic E-state index is -0.505. The lowest BCUT2D eigenvalue weighted by molar-refractivity contribution is -0.131. The maximum absolute atomic E-state index is 11.2. The van der Waals surface area contributed by atoms with E-state index in [4.69, 9.17) is 5.73 Å². The molecule has 0 saturated heterocycles. The van der Waals surface area contributed by atoms with E-state index in [1.54, 1.807) is 21.0 Å². The Kier molecular flexibility index (Phi) is 5.06. The Morgan fingerprint density at radius 2 is 2.08 bits per heavy atom. The van der Waals surface area contributed by atoms with Gasteiger partial charge in [0.1, 0.15) is 0 Å². The molecule has 3 N–H and O–H groups in total. The third-order valence-corrected chi connectivity index (χ3v) is 1.72. The normalized spacial score (nSPS) is 12.0. The lowest BCUT2D eigenvalue weighted by Crippen LogP contribution is -2.41. The highest BCUT2D eigenvalue weighted by molar-refractivity contribution is 5.82. The molecule has 0 aliphatic rings. The van der Waals surface area contributed by atoms with E-state index in [-0.39, 0.29) is 11.8 Å². The molecule has 1 atom stereocenters. The van der Waals surface area contributed by atoms with Gasteiger partial charge in [-0.15, -0.1) is 0 Å². The largest absolute Gasteiger partial charge is 0.359 e. The summed E-state index contributed by atoms with van der Waals surface area (Å²) in [6.07, 6.45) is 0.311. The molecule has 5 nitrogen and oxygen atoms in total. The van der Waals surface area contributed by atoms with Gasteiger partial charge in [-0.25, -0.2) is 0 Å². The Bertz CT molecular complexity index is 192. The Labute approximate surface area is 78.3 Å². The monoisotopic (exact) mass is 187 g/mol. The molecule has 0 aromatic carbocycles. The van der Waals surface area contributed by atoms with E-state index in [9.17, 15) is 9.59 Å². The second-order valence-corrected chi connectivity index (χ2v) is 2.97. The molecule has 0 fully saturated rings. The Morgan fingerprint density at radius 1 is 1.54 bits per heavy atom. The fourth-order valence-corrected chi connectivity index (χ4v) is 0.852. The van der Waals surface area contributed by atoms with Gasteiger partial charge in [-0.1, -0.05) is 0 Å². The van der Waals surface area contributed by atoms with Gasteiger partial charge in [0, 0.05) is 27.1 Å². The van der Waals surface area contributed by atoms with Crippen LogP contribution in [0.5, 0.6) is 0 Å². The van der Waals surface area contributed by atoms with Gasteiger partial charge in [-0.05, 0) is 6.92 Å². The lowest BCUT2D eigenvalue weighted by atomic mass is 10.3. The average molecular weight is 187 g/mol. The van der Waals surface area contributed by atoms with Crippen molar-refractivity contribution in [1.82, 2.24) is 10.2 Å². The number of nitrogens with two attached hydrogens (primary N) is 1. The van der Waals surface area contributed by atoms with E-state index < -0.39 is 6.04 Å². The van der Waals surface area contributed by atoms with Crippen molar-refractivity contribution in [2.45, 2.75) is 19.4 Å². The van der Waals surface area contributed by atoms with E-state index >= 15 is 0 Å². The molecule has 0 rings (SSSR count). The van der Waals surface area contributed by atoms with Crippen LogP contribution < -0.4 is 11.1 Å². The smallest absolute Gasteiger partial charge is 0.238 e. The minimum Gasteiger partial charge on any atom is -0.359 e. The zero-order valence-corrected chi connectivity index (χ0v) is 8.33. The molecule has 0 aliphatic carbocycles. The SMILES string of the molecule is CNC(=O)CCN(C)C(=O)C(C)N. The third-order valence-electron chi connectivity index (χ3n) is 1.72. The summed E-state index contributed by atoms with van der Waals surface area (Å²) in [7, 11) is 3.20. The fourth-order valence-electron chi connectivity index (χ4n) is 0.852. The first-order valence-corrected chi connectivity index (χ1v) is 4.20. The first kappa shape index (κ1) is 11.9. The van der Waals surface area contributed by atoms with Gasteiger partial charge in [0.05, 0.1) is 6.04 Å². The second-order valence-electron chi connectivity index (χ2n) is 2.97. The summed E-state index contributed by atoms with van der Waals surface area (Å²) in [5.41, 5.74) is 5.38. The van der Waals surface area contributed by atoms with Gasteiger partial charge in [0.15, 0.2) is 0 Å². The van der Waals surface area contributed by atoms with Crippen LogP contribution in [0.1, 0.15) is 13.3 Å². The van der Waals surface area contributed by atoms with Crippen molar-refractivity contribution in [3.05, 3.63) is 0 Å². The summed E-state index contributed by atoms with van der Waals surface area (Å²) < 4.78 is 0. The van der Waals surface area contributed by atoms with E-state index in [2.05, 4.69) is 5.32 Å². The van der Waals surface area contributed by atoms with Gasteiger partial charge in [0.25, 0.3) is 0 Å². The average Bonchev–Trinajstić information content (AvgIpc) is 2.11. The van der Waals surface area contributed by atoms with Gasteiger partial charge < -0.3 is 16.0 Å². The standard InChI is InChI=1S/C8H17N3O2/c1-6(9)8(13)11(3)5-4-7(12)10-2/h6H,4-5,9H2,1-3H3,(H,10,12). The highest BCUT2D eigenvalue weighted by Crippen LogP contribution is 1.91. The molecular formula is C8H17N3O2. The van der Waals surface area contributed by atoms with Crippen LogP contribution in [0.2, 0.25) is 0 Å². The molecule has 76 valence electrons. The summed E-state index contributed by atoms with van der Waals surface area (Å²) in [5, 5.41) is 2.48. The van der Waals surface area contributed by atoms with Crippen molar-refractivity contribution in [3.63, 3.8) is 0 Å². The summed E-state index contributed by atoms with van der Waals surface area (Å²) in [6.45, 7) is 2.03. The minimum absolute atomic E-state index is 0.0793. The predicted octanol–water partition coefficient (Wildman–Crippen LogP) is -1.07. The van der Waals surface area contributed by atoms with E-state index in [0.717, 1.165) is 0 Å². The van der Waals surface area contributed by atoms with Crippen molar-refractivity contribution in [2.75, 3.05) is 20.6 Å². The molecule has 5 heteroatoms. The zero-order valence-electron chi connectivity index (χ0n) is 8.33. The first-order chi connectivity index (χ1) is 5.99. The van der Waals surface area contributed by atoms with Crippen LogP contribution in [-0.2, 0) is 9.59 Å². The number of carbonyl (C=O) groups excluding carboxylic acids is 2. The molecule has 0 saturated carbocycles. The number of rotatable bonds is 4. The van der Waals surface area contributed by atoms with Crippen molar-refractivity contribution in [1.29, 1.82) is 0 Å². The summed E-state index contributed by atoms with van der Waals surface area (Å²) >= 11 is 0. The van der Waals surface area contributed by atoms with Crippen molar-refractivity contribution < 1.29 is 9.59 Å². The van der Waals surface area contributed by atoms with Crippen molar-refractivity contribution >= 4 is 11.8 Å². The van der Waals surface area contributed by atoms with E-state index in [1.165, 1.54) is 4.90 Å². The van der Waals surface area contributed by atoms with Crippen molar-refractivity contribution in [2.24, 2.45) is 5.73 Å². The maximum atomic E-state index is 11.2. The molecule has 2 amide bonds. The molecule has 0 heterocycles. The molecule has 0 aromatic rings. The van der Waals surface area contributed by atoms with Crippen LogP contribution in [0.3, 0.4) is 0 Å². The molecule has 0 aromatic heterocycles. The summed E-state index contributed by atoms with van der Waals surface area (Å²) in [5.74, 6) is -0.228. The summed E-state index contributed by atoms with van der Waals surface area (Å²) in [6, 6.07) is -0.505. The molecule has 13 heavy (non-hydrogen) atoms. The number of carbonyl (C=O) groups is 2. The quantitative estimate of drug-likeness (QED) is 0.588. The molecule has 1 unspecified atom stereocenters. The van der Waals surface area contributed by atoms with Crippen LogP contribution in [-0.4, -0.2) is 43.4 Å². The molecule has 0 radical (unpaired) electrons. The number of nitrogens with one attached hydrogen (secondary N) is 1. The number of amides is 2. The number of hydrogen-bond donors (Lipinski definition) is 2. The molecule has 0 aliphatic heterocycles.